The van der Waals surface area contributed by atoms with Crippen molar-refractivity contribution in [3.05, 3.63) is 53.3 Å². The number of aromatic nitrogens is 2. The second-order valence-electron chi connectivity index (χ2n) is 5.61. The number of benzene rings is 2. The van der Waals surface area contributed by atoms with Crippen molar-refractivity contribution in [1.82, 2.24) is 4.57 Å². The van der Waals surface area contributed by atoms with Gasteiger partial charge in [0.1, 0.15) is 10.6 Å². The number of halogens is 4. The molecular weight excluding hydrogens is 413 g/mol. The fourth-order valence-electron chi connectivity index (χ4n) is 2.45. The zero-order valence-electron chi connectivity index (χ0n) is 14.8. The van der Waals surface area contributed by atoms with Crippen molar-refractivity contribution < 1.29 is 21.8 Å². The summed E-state index contributed by atoms with van der Waals surface area (Å²) in [6.45, 7) is 0. The standard InChI is InChI=1S/C16H14N5S2.BF4/c1-20-11-7-3-5-9-13(11)22-15(20)17-19-18-16-21(2)12-8-4-6-10-14(12)23-16;2-1(3,4)5/h3-10H,1-2H3;/q+1;-1. The van der Waals surface area contributed by atoms with Gasteiger partial charge in [0.2, 0.25) is 4.80 Å². The minimum absolute atomic E-state index is 0.832. The van der Waals surface area contributed by atoms with E-state index in [-0.39, 0.29) is 0 Å². The Hall–Kier alpha value is -2.60. The average molecular weight is 427 g/mol. The van der Waals surface area contributed by atoms with Crippen molar-refractivity contribution in [2.75, 3.05) is 0 Å². The minimum atomic E-state index is -6.00. The Kier molecular flexibility index (Phi) is 5.89. The van der Waals surface area contributed by atoms with E-state index in [4.69, 9.17) is 0 Å². The summed E-state index contributed by atoms with van der Waals surface area (Å²) in [5.41, 5.74) is 2.30. The average Bonchev–Trinajstić information content (AvgIpc) is 3.12. The lowest BCUT2D eigenvalue weighted by Crippen LogP contribution is -2.25. The number of nitrogens with zero attached hydrogens (tertiary/aromatic N) is 5. The van der Waals surface area contributed by atoms with Crippen molar-refractivity contribution in [2.45, 2.75) is 0 Å². The minimum Gasteiger partial charge on any atom is -0.418 e. The van der Waals surface area contributed by atoms with Crippen LogP contribution in [0.15, 0.2) is 64.0 Å². The first kappa shape index (κ1) is 20.1. The number of para-hydroxylation sites is 2. The molecule has 2 aromatic carbocycles. The van der Waals surface area contributed by atoms with Crippen LogP contribution in [-0.2, 0) is 14.1 Å². The molecule has 0 N–H and O–H groups in total. The zero-order chi connectivity index (χ0) is 20.3. The predicted octanol–water partition coefficient (Wildman–Crippen LogP) is 5.18. The summed E-state index contributed by atoms with van der Waals surface area (Å²) in [4.78, 5) is 0.832. The van der Waals surface area contributed by atoms with Crippen LogP contribution >= 0.6 is 22.7 Å². The van der Waals surface area contributed by atoms with Crippen molar-refractivity contribution in [2.24, 2.45) is 29.5 Å². The third kappa shape index (κ3) is 4.81. The summed E-state index contributed by atoms with van der Waals surface area (Å²) in [7, 11) is -2.01. The van der Waals surface area contributed by atoms with Gasteiger partial charge in [0.15, 0.2) is 0 Å². The van der Waals surface area contributed by atoms with Crippen molar-refractivity contribution in [3.8, 4) is 0 Å². The SMILES string of the molecule is Cn1/c(=N\N=N\c2sc3ccccc3[n+]2C)sc2ccccc21.F[B-](F)(F)F. The van der Waals surface area contributed by atoms with Gasteiger partial charge in [-0.05, 0) is 35.6 Å². The Balaban J connectivity index is 0.000000403. The van der Waals surface area contributed by atoms with Crippen LogP contribution in [-0.4, -0.2) is 11.8 Å². The molecular formula is C16H14BF4N5S2. The summed E-state index contributed by atoms with van der Waals surface area (Å²) in [5, 5.41) is 13.5. The summed E-state index contributed by atoms with van der Waals surface area (Å²) in [6.07, 6.45) is 0. The highest BCUT2D eigenvalue weighted by atomic mass is 32.1. The Morgan fingerprint density at radius 2 is 1.54 bits per heavy atom. The Morgan fingerprint density at radius 1 is 0.929 bits per heavy atom. The quantitative estimate of drug-likeness (QED) is 0.139. The number of aryl methyl sites for hydroxylation is 2. The normalized spacial score (nSPS) is 12.7. The molecule has 0 amide bonds. The maximum atomic E-state index is 9.75. The monoisotopic (exact) mass is 427 g/mol. The van der Waals surface area contributed by atoms with Crippen LogP contribution < -0.4 is 9.37 Å². The fourth-order valence-corrected chi connectivity index (χ4v) is 4.39. The molecule has 146 valence electrons. The lowest BCUT2D eigenvalue weighted by molar-refractivity contribution is -0.627. The molecule has 0 unspecified atom stereocenters. The van der Waals surface area contributed by atoms with E-state index in [1.54, 1.807) is 22.7 Å². The van der Waals surface area contributed by atoms with Crippen LogP contribution in [0, 0.1) is 0 Å². The maximum absolute atomic E-state index is 9.75. The van der Waals surface area contributed by atoms with Crippen LogP contribution in [0.1, 0.15) is 0 Å². The molecule has 0 fully saturated rings. The van der Waals surface area contributed by atoms with Gasteiger partial charge < -0.3 is 21.8 Å². The second-order valence-corrected chi connectivity index (χ2v) is 7.63. The number of rotatable bonds is 2. The van der Waals surface area contributed by atoms with Crippen LogP contribution in [0.4, 0.5) is 22.4 Å². The molecule has 4 aromatic rings. The van der Waals surface area contributed by atoms with Gasteiger partial charge in [0.25, 0.3) is 0 Å². The first-order valence-corrected chi connectivity index (χ1v) is 9.61. The number of hydrogen-bond acceptors (Lipinski definition) is 4. The molecule has 0 aliphatic rings. The van der Waals surface area contributed by atoms with Gasteiger partial charge in [-0.1, -0.05) is 40.7 Å². The van der Waals surface area contributed by atoms with E-state index in [9.17, 15) is 17.3 Å². The molecule has 0 bridgehead atoms. The summed E-state index contributed by atoms with van der Waals surface area (Å²) in [5.74, 6) is 0. The Morgan fingerprint density at radius 3 is 2.18 bits per heavy atom. The number of thiazole rings is 2. The van der Waals surface area contributed by atoms with Crippen LogP contribution in [0.5, 0.6) is 0 Å². The maximum Gasteiger partial charge on any atom is 0.673 e. The van der Waals surface area contributed by atoms with Gasteiger partial charge in [-0.25, -0.2) is 4.57 Å². The van der Waals surface area contributed by atoms with Gasteiger partial charge in [0.05, 0.1) is 27.2 Å². The largest absolute Gasteiger partial charge is 0.673 e. The van der Waals surface area contributed by atoms with E-state index in [0.717, 1.165) is 21.0 Å². The van der Waals surface area contributed by atoms with Gasteiger partial charge in [0, 0.05) is 7.05 Å². The van der Waals surface area contributed by atoms with E-state index < -0.39 is 7.25 Å². The number of hydrogen-bond donors (Lipinski definition) is 0. The highest BCUT2D eigenvalue weighted by Gasteiger charge is 2.20. The lowest BCUT2D eigenvalue weighted by atomic mass is 10.3. The Bertz CT molecular complexity index is 1200. The zero-order valence-corrected chi connectivity index (χ0v) is 16.4. The number of fused-ring (bicyclic) bond motifs is 2. The molecule has 0 spiro atoms. The van der Waals surface area contributed by atoms with E-state index in [2.05, 4.69) is 39.7 Å². The smallest absolute Gasteiger partial charge is 0.418 e. The van der Waals surface area contributed by atoms with Crippen LogP contribution in [0.25, 0.3) is 20.4 Å². The third-order valence-electron chi connectivity index (χ3n) is 3.69. The van der Waals surface area contributed by atoms with E-state index in [1.807, 2.05) is 47.5 Å². The molecule has 12 heteroatoms. The molecule has 0 aliphatic carbocycles. The van der Waals surface area contributed by atoms with Crippen molar-refractivity contribution in [1.29, 1.82) is 0 Å². The van der Waals surface area contributed by atoms with Gasteiger partial charge in [-0.15, -0.1) is 0 Å². The summed E-state index contributed by atoms with van der Waals surface area (Å²) in [6, 6.07) is 16.4. The van der Waals surface area contributed by atoms with Crippen LogP contribution in [0.2, 0.25) is 0 Å². The first-order chi connectivity index (χ1) is 13.2. The summed E-state index contributed by atoms with van der Waals surface area (Å²) < 4.78 is 45.4. The van der Waals surface area contributed by atoms with E-state index >= 15 is 0 Å². The first-order valence-electron chi connectivity index (χ1n) is 7.98. The molecule has 2 aromatic heterocycles. The molecule has 0 atom stereocenters. The predicted molar refractivity (Wildman–Crippen MR) is 104 cm³/mol. The highest BCUT2D eigenvalue weighted by Crippen LogP contribution is 2.25. The summed E-state index contributed by atoms with van der Waals surface area (Å²) >= 11 is 3.21. The Labute approximate surface area is 165 Å². The second kappa shape index (κ2) is 8.19. The topological polar surface area (TPSA) is 45.9 Å². The molecule has 0 saturated heterocycles. The molecule has 28 heavy (non-hydrogen) atoms. The molecule has 2 heterocycles. The molecule has 4 rings (SSSR count). The van der Waals surface area contributed by atoms with E-state index in [0.29, 0.717) is 0 Å². The van der Waals surface area contributed by atoms with Gasteiger partial charge >= 0.3 is 12.4 Å². The van der Waals surface area contributed by atoms with Crippen molar-refractivity contribution >= 4 is 55.5 Å². The molecule has 0 radical (unpaired) electrons. The van der Waals surface area contributed by atoms with Crippen LogP contribution in [0.3, 0.4) is 0 Å². The lowest BCUT2D eigenvalue weighted by Gasteiger charge is -1.94. The van der Waals surface area contributed by atoms with E-state index in [1.165, 1.54) is 9.40 Å². The third-order valence-corrected chi connectivity index (χ3v) is 5.90. The molecule has 5 nitrogen and oxygen atoms in total. The van der Waals surface area contributed by atoms with Crippen molar-refractivity contribution in [3.63, 3.8) is 0 Å². The van der Waals surface area contributed by atoms with Gasteiger partial charge in [-0.2, -0.15) is 0 Å². The highest BCUT2D eigenvalue weighted by molar-refractivity contribution is 7.21. The van der Waals surface area contributed by atoms with Gasteiger partial charge in [-0.3, -0.25) is 0 Å². The fraction of sp³-hybridized carbons (Fsp3) is 0.125. The molecule has 0 saturated carbocycles. The molecule has 0 aliphatic heterocycles.